The molecule has 3 aromatic rings. The Morgan fingerprint density at radius 2 is 2.08 bits per heavy atom. The van der Waals surface area contributed by atoms with Gasteiger partial charge in [-0.05, 0) is 27.2 Å². The van der Waals surface area contributed by atoms with Gasteiger partial charge < -0.3 is 10.1 Å². The largest absolute Gasteiger partial charge is 0.379 e. The number of aryl methyl sites for hydroxylation is 1. The summed E-state index contributed by atoms with van der Waals surface area (Å²) in [5, 5.41) is 2.96. The number of amides is 1. The van der Waals surface area contributed by atoms with Gasteiger partial charge >= 0.3 is 0 Å². The molecule has 132 valence electrons. The molecule has 3 rings (SSSR count). The van der Waals surface area contributed by atoms with Crippen LogP contribution in [0.1, 0.15) is 35.6 Å². The number of benzene rings is 1. The summed E-state index contributed by atoms with van der Waals surface area (Å²) in [6.45, 7) is 7.24. The number of fused-ring (bicyclic) bond motifs is 1. The van der Waals surface area contributed by atoms with E-state index in [1.807, 2.05) is 61.7 Å². The molecule has 0 bridgehead atoms. The van der Waals surface area contributed by atoms with Crippen molar-refractivity contribution in [1.82, 2.24) is 14.7 Å². The lowest BCUT2D eigenvalue weighted by molar-refractivity contribution is 0.0757. The van der Waals surface area contributed by atoms with E-state index in [9.17, 15) is 4.79 Å². The van der Waals surface area contributed by atoms with E-state index in [2.05, 4.69) is 10.3 Å². The molecule has 6 heteroatoms. The summed E-state index contributed by atoms with van der Waals surface area (Å²) < 4.78 is 7.47. The summed E-state index contributed by atoms with van der Waals surface area (Å²) >= 11 is 1.42. The van der Waals surface area contributed by atoms with Crippen molar-refractivity contribution in [3.8, 4) is 11.3 Å². The number of carbonyl (C=O) groups excluding carboxylic acids is 1. The minimum Gasteiger partial charge on any atom is -0.379 e. The molecular weight excluding hydrogens is 334 g/mol. The number of ether oxygens (including phenoxy) is 1. The Morgan fingerprint density at radius 3 is 2.76 bits per heavy atom. The van der Waals surface area contributed by atoms with Crippen LogP contribution >= 0.6 is 11.3 Å². The third kappa shape index (κ3) is 4.08. The Kier molecular flexibility index (Phi) is 5.50. The lowest BCUT2D eigenvalue weighted by Gasteiger charge is -2.08. The van der Waals surface area contributed by atoms with E-state index in [1.165, 1.54) is 11.3 Å². The van der Waals surface area contributed by atoms with Gasteiger partial charge in [-0.3, -0.25) is 9.20 Å². The van der Waals surface area contributed by atoms with E-state index in [-0.39, 0.29) is 12.0 Å². The van der Waals surface area contributed by atoms with Crippen molar-refractivity contribution in [2.24, 2.45) is 0 Å². The highest BCUT2D eigenvalue weighted by atomic mass is 32.1. The SMILES string of the molecule is Cc1c(C(=O)NCCCOC(C)C)sc2nc(-c3ccccc3)cn12. The number of nitrogens with one attached hydrogen (secondary N) is 1. The molecule has 0 atom stereocenters. The number of carbonyl (C=O) groups is 1. The fourth-order valence-corrected chi connectivity index (χ4v) is 3.61. The zero-order valence-electron chi connectivity index (χ0n) is 14.8. The van der Waals surface area contributed by atoms with E-state index in [0.29, 0.717) is 18.0 Å². The van der Waals surface area contributed by atoms with E-state index >= 15 is 0 Å². The Hall–Kier alpha value is -2.18. The van der Waals surface area contributed by atoms with Crippen LogP contribution in [-0.2, 0) is 4.74 Å². The van der Waals surface area contributed by atoms with Crippen LogP contribution < -0.4 is 5.32 Å². The third-order valence-electron chi connectivity index (χ3n) is 3.89. The van der Waals surface area contributed by atoms with Gasteiger partial charge in [0.25, 0.3) is 5.91 Å². The van der Waals surface area contributed by atoms with Gasteiger partial charge in [-0.15, -0.1) is 0 Å². The van der Waals surface area contributed by atoms with Gasteiger partial charge in [0.2, 0.25) is 0 Å². The molecule has 0 aliphatic heterocycles. The Morgan fingerprint density at radius 1 is 1.32 bits per heavy atom. The molecule has 2 heterocycles. The standard InChI is InChI=1S/C19H23N3O2S/c1-13(2)24-11-7-10-20-18(23)17-14(3)22-12-16(21-19(22)25-17)15-8-5-4-6-9-15/h4-6,8-9,12-13H,7,10-11H2,1-3H3,(H,20,23). The molecule has 0 fully saturated rings. The normalized spacial score (nSPS) is 11.4. The number of hydrogen-bond acceptors (Lipinski definition) is 4. The highest BCUT2D eigenvalue weighted by Gasteiger charge is 2.17. The van der Waals surface area contributed by atoms with Crippen molar-refractivity contribution in [2.75, 3.05) is 13.2 Å². The second-order valence-electron chi connectivity index (χ2n) is 6.19. The molecule has 0 radical (unpaired) electrons. The summed E-state index contributed by atoms with van der Waals surface area (Å²) in [6, 6.07) is 10.1. The van der Waals surface area contributed by atoms with Crippen molar-refractivity contribution in [1.29, 1.82) is 0 Å². The van der Waals surface area contributed by atoms with Crippen LogP contribution in [0, 0.1) is 6.92 Å². The Balaban J connectivity index is 1.67. The average molecular weight is 357 g/mol. The number of nitrogens with zero attached hydrogens (tertiary/aromatic N) is 2. The van der Waals surface area contributed by atoms with Crippen LogP contribution in [0.15, 0.2) is 36.5 Å². The molecule has 2 aromatic heterocycles. The zero-order chi connectivity index (χ0) is 17.8. The van der Waals surface area contributed by atoms with Crippen LogP contribution in [0.3, 0.4) is 0 Å². The van der Waals surface area contributed by atoms with Gasteiger partial charge in [-0.2, -0.15) is 0 Å². The van der Waals surface area contributed by atoms with Crippen LogP contribution in [0.4, 0.5) is 0 Å². The van der Waals surface area contributed by atoms with Crippen molar-refractivity contribution in [2.45, 2.75) is 33.3 Å². The van der Waals surface area contributed by atoms with Crippen LogP contribution in [0.5, 0.6) is 0 Å². The minimum absolute atomic E-state index is 0.0428. The maximum absolute atomic E-state index is 12.4. The molecule has 0 unspecified atom stereocenters. The van der Waals surface area contributed by atoms with Gasteiger partial charge in [0.1, 0.15) is 4.88 Å². The quantitative estimate of drug-likeness (QED) is 0.652. The van der Waals surface area contributed by atoms with Gasteiger partial charge in [0.05, 0.1) is 11.8 Å². The van der Waals surface area contributed by atoms with Crippen molar-refractivity contribution < 1.29 is 9.53 Å². The average Bonchev–Trinajstić information content (AvgIpc) is 3.15. The summed E-state index contributed by atoms with van der Waals surface area (Å²) in [6.07, 6.45) is 3.02. The number of thiazole rings is 1. The molecule has 5 nitrogen and oxygen atoms in total. The molecule has 25 heavy (non-hydrogen) atoms. The first-order chi connectivity index (χ1) is 12.1. The van der Waals surface area contributed by atoms with Gasteiger partial charge in [0.15, 0.2) is 4.96 Å². The van der Waals surface area contributed by atoms with E-state index in [1.54, 1.807) is 0 Å². The van der Waals surface area contributed by atoms with Crippen LogP contribution in [0.25, 0.3) is 16.2 Å². The minimum atomic E-state index is -0.0428. The van der Waals surface area contributed by atoms with Gasteiger partial charge in [-0.25, -0.2) is 4.98 Å². The molecule has 1 amide bonds. The smallest absolute Gasteiger partial charge is 0.263 e. The maximum Gasteiger partial charge on any atom is 0.263 e. The predicted molar refractivity (Wildman–Crippen MR) is 101 cm³/mol. The summed E-state index contributed by atoms with van der Waals surface area (Å²) in [5.41, 5.74) is 2.92. The number of hydrogen-bond donors (Lipinski definition) is 1. The lowest BCUT2D eigenvalue weighted by Crippen LogP contribution is -2.25. The second kappa shape index (κ2) is 7.80. The number of aromatic nitrogens is 2. The molecule has 1 aromatic carbocycles. The number of imidazole rings is 1. The van der Waals surface area contributed by atoms with E-state index < -0.39 is 0 Å². The first-order valence-corrected chi connectivity index (χ1v) is 9.31. The highest BCUT2D eigenvalue weighted by molar-refractivity contribution is 7.19. The van der Waals surface area contributed by atoms with Crippen molar-refractivity contribution in [3.63, 3.8) is 0 Å². The first-order valence-electron chi connectivity index (χ1n) is 8.50. The van der Waals surface area contributed by atoms with E-state index in [0.717, 1.165) is 28.3 Å². The predicted octanol–water partition coefficient (Wildman–Crippen LogP) is 3.92. The van der Waals surface area contributed by atoms with Gasteiger partial charge in [0, 0.05) is 30.6 Å². The molecule has 0 aliphatic rings. The van der Waals surface area contributed by atoms with Crippen LogP contribution in [-0.4, -0.2) is 34.5 Å². The fraction of sp³-hybridized carbons (Fsp3) is 0.368. The third-order valence-corrected chi connectivity index (χ3v) is 5.05. The lowest BCUT2D eigenvalue weighted by atomic mass is 10.2. The molecule has 1 N–H and O–H groups in total. The highest BCUT2D eigenvalue weighted by Crippen LogP contribution is 2.26. The van der Waals surface area contributed by atoms with Crippen molar-refractivity contribution in [3.05, 3.63) is 47.1 Å². The zero-order valence-corrected chi connectivity index (χ0v) is 15.6. The number of rotatable bonds is 7. The second-order valence-corrected chi connectivity index (χ2v) is 7.17. The topological polar surface area (TPSA) is 55.6 Å². The monoisotopic (exact) mass is 357 g/mol. The fourth-order valence-electron chi connectivity index (χ4n) is 2.58. The molecule has 0 aliphatic carbocycles. The first kappa shape index (κ1) is 17.6. The molecular formula is C19H23N3O2S. The molecule has 0 saturated heterocycles. The van der Waals surface area contributed by atoms with Gasteiger partial charge in [-0.1, -0.05) is 41.7 Å². The molecule has 0 saturated carbocycles. The Labute approximate surface area is 151 Å². The van der Waals surface area contributed by atoms with E-state index in [4.69, 9.17) is 4.74 Å². The van der Waals surface area contributed by atoms with Crippen molar-refractivity contribution >= 4 is 22.2 Å². The summed E-state index contributed by atoms with van der Waals surface area (Å²) in [7, 11) is 0. The summed E-state index contributed by atoms with van der Waals surface area (Å²) in [4.78, 5) is 18.6. The Bertz CT molecular complexity index is 852. The maximum atomic E-state index is 12.4. The molecule has 0 spiro atoms. The van der Waals surface area contributed by atoms with Crippen LogP contribution in [0.2, 0.25) is 0 Å². The summed E-state index contributed by atoms with van der Waals surface area (Å²) in [5.74, 6) is -0.0428.